The van der Waals surface area contributed by atoms with Gasteiger partial charge in [0.2, 0.25) is 0 Å². The van der Waals surface area contributed by atoms with E-state index in [1.807, 2.05) is 0 Å². The van der Waals surface area contributed by atoms with Crippen molar-refractivity contribution in [2.24, 2.45) is 11.8 Å². The largest absolute Gasteiger partial charge is 0.481 e. The average Bonchev–Trinajstić information content (AvgIpc) is 3.35. The standard InChI is InChI=1S/C26H21F4N3O4/c27-20-10-7-16(26(28,29)30)12-22(20)33-25(37)32-17-8-4-14(5-9-17)15-6-11-21(31-13-15)23(34)18-2-1-3-19(18)24(35)36/h4-13,18-19H,1-3H2,(H,35,36)(H2,32,33,37)/t18-,19-/m0/s1. The number of aromatic nitrogens is 1. The first kappa shape index (κ1) is 25.8. The molecule has 1 aromatic heterocycles. The van der Waals surface area contributed by atoms with Crippen LogP contribution >= 0.6 is 0 Å². The summed E-state index contributed by atoms with van der Waals surface area (Å²) < 4.78 is 52.4. The maximum atomic E-state index is 13.9. The van der Waals surface area contributed by atoms with Gasteiger partial charge in [-0.2, -0.15) is 13.2 Å². The van der Waals surface area contributed by atoms with Gasteiger partial charge in [0.15, 0.2) is 5.78 Å². The summed E-state index contributed by atoms with van der Waals surface area (Å²) in [5, 5.41) is 13.8. The van der Waals surface area contributed by atoms with Crippen molar-refractivity contribution in [1.29, 1.82) is 0 Å². The number of amides is 2. The lowest BCUT2D eigenvalue weighted by molar-refractivity contribution is -0.142. The summed E-state index contributed by atoms with van der Waals surface area (Å²) in [6, 6.07) is 10.4. The number of urea groups is 1. The van der Waals surface area contributed by atoms with E-state index in [2.05, 4.69) is 15.6 Å². The summed E-state index contributed by atoms with van der Waals surface area (Å²) >= 11 is 0. The third kappa shape index (κ3) is 5.93. The second-order valence-electron chi connectivity index (χ2n) is 8.63. The number of carbonyl (C=O) groups excluding carboxylic acids is 2. The fraction of sp³-hybridized carbons (Fsp3) is 0.231. The topological polar surface area (TPSA) is 108 Å². The van der Waals surface area contributed by atoms with Crippen molar-refractivity contribution < 1.29 is 37.1 Å². The normalized spacial score (nSPS) is 17.3. The Morgan fingerprint density at radius 2 is 1.57 bits per heavy atom. The number of ketones is 1. The lowest BCUT2D eigenvalue weighted by Crippen LogP contribution is -2.25. The number of benzene rings is 2. The van der Waals surface area contributed by atoms with Crippen molar-refractivity contribution in [3.63, 3.8) is 0 Å². The van der Waals surface area contributed by atoms with Gasteiger partial charge < -0.3 is 15.7 Å². The van der Waals surface area contributed by atoms with Gasteiger partial charge in [0.25, 0.3) is 0 Å². The summed E-state index contributed by atoms with van der Waals surface area (Å²) in [6.45, 7) is 0. The zero-order chi connectivity index (χ0) is 26.7. The van der Waals surface area contributed by atoms with Gasteiger partial charge in [-0.1, -0.05) is 24.6 Å². The number of nitrogens with zero attached hydrogens (tertiary/aromatic N) is 1. The highest BCUT2D eigenvalue weighted by Gasteiger charge is 2.38. The highest BCUT2D eigenvalue weighted by Crippen LogP contribution is 2.35. The Morgan fingerprint density at radius 1 is 0.892 bits per heavy atom. The van der Waals surface area contributed by atoms with Gasteiger partial charge in [0.1, 0.15) is 11.5 Å². The van der Waals surface area contributed by atoms with E-state index in [1.54, 1.807) is 18.2 Å². The van der Waals surface area contributed by atoms with Gasteiger partial charge in [-0.05, 0) is 54.8 Å². The Labute approximate surface area is 208 Å². The molecule has 1 aliphatic rings. The van der Waals surface area contributed by atoms with Gasteiger partial charge in [0.05, 0.1) is 17.2 Å². The summed E-state index contributed by atoms with van der Waals surface area (Å²) in [4.78, 5) is 40.5. The molecular weight excluding hydrogens is 494 g/mol. The van der Waals surface area contributed by atoms with Crippen LogP contribution in [0, 0.1) is 17.7 Å². The molecule has 0 unspecified atom stereocenters. The van der Waals surface area contributed by atoms with Crippen LogP contribution in [0.3, 0.4) is 0 Å². The summed E-state index contributed by atoms with van der Waals surface area (Å²) in [6.07, 6.45) is -1.53. The second kappa shape index (κ2) is 10.4. The predicted octanol–water partition coefficient (Wildman–Crippen LogP) is 6.23. The number of aliphatic carboxylic acids is 1. The number of halogens is 4. The highest BCUT2D eigenvalue weighted by molar-refractivity contribution is 6.00. The summed E-state index contributed by atoms with van der Waals surface area (Å²) in [5.74, 6) is -3.57. The molecule has 2 aromatic carbocycles. The molecule has 37 heavy (non-hydrogen) atoms. The van der Waals surface area contributed by atoms with Crippen molar-refractivity contribution in [3.8, 4) is 11.1 Å². The van der Waals surface area contributed by atoms with Crippen LogP contribution in [-0.4, -0.2) is 27.9 Å². The third-order valence-corrected chi connectivity index (χ3v) is 6.20. The molecule has 11 heteroatoms. The van der Waals surface area contributed by atoms with Gasteiger partial charge in [-0.25, -0.2) is 9.18 Å². The first-order chi connectivity index (χ1) is 17.5. The van der Waals surface area contributed by atoms with E-state index < -0.39 is 47.1 Å². The van der Waals surface area contributed by atoms with Crippen molar-refractivity contribution in [1.82, 2.24) is 4.98 Å². The van der Waals surface area contributed by atoms with Crippen LogP contribution in [0.5, 0.6) is 0 Å². The molecule has 2 amide bonds. The molecule has 3 N–H and O–H groups in total. The Balaban J connectivity index is 1.40. The number of carbonyl (C=O) groups is 3. The van der Waals surface area contributed by atoms with E-state index in [0.29, 0.717) is 54.3 Å². The second-order valence-corrected chi connectivity index (χ2v) is 8.63. The molecule has 1 fully saturated rings. The molecule has 0 radical (unpaired) electrons. The Morgan fingerprint density at radius 3 is 2.19 bits per heavy atom. The SMILES string of the molecule is O=C(Nc1ccc(-c2ccc(C(=O)[C@H]3CCC[C@@H]3C(=O)O)nc2)cc1)Nc1cc(C(F)(F)F)ccc1F. The molecule has 0 aliphatic heterocycles. The Hall–Kier alpha value is -4.28. The zero-order valence-electron chi connectivity index (χ0n) is 19.2. The number of nitrogens with one attached hydrogen (secondary N) is 2. The van der Waals surface area contributed by atoms with Crippen molar-refractivity contribution in [3.05, 3.63) is 77.9 Å². The van der Waals surface area contributed by atoms with E-state index in [1.165, 1.54) is 24.4 Å². The average molecular weight is 515 g/mol. The molecule has 192 valence electrons. The van der Waals surface area contributed by atoms with Crippen molar-refractivity contribution >= 4 is 29.2 Å². The number of rotatable bonds is 6. The van der Waals surface area contributed by atoms with E-state index in [-0.39, 0.29) is 11.5 Å². The number of carboxylic acid groups (broad SMARTS) is 1. The molecule has 0 spiro atoms. The minimum Gasteiger partial charge on any atom is -0.481 e. The number of alkyl halides is 3. The predicted molar refractivity (Wildman–Crippen MR) is 127 cm³/mol. The molecular formula is C26H21F4N3O4. The molecule has 0 saturated heterocycles. The van der Waals surface area contributed by atoms with Gasteiger partial charge >= 0.3 is 18.2 Å². The molecule has 1 aliphatic carbocycles. The fourth-order valence-corrected chi connectivity index (χ4v) is 4.30. The van der Waals surface area contributed by atoms with Crippen molar-refractivity contribution in [2.45, 2.75) is 25.4 Å². The number of pyridine rings is 1. The first-order valence-electron chi connectivity index (χ1n) is 11.3. The van der Waals surface area contributed by atoms with E-state index in [0.717, 1.165) is 0 Å². The van der Waals surface area contributed by atoms with Crippen LogP contribution in [0.1, 0.15) is 35.3 Å². The van der Waals surface area contributed by atoms with Crippen molar-refractivity contribution in [2.75, 3.05) is 10.6 Å². The van der Waals surface area contributed by atoms with Crippen LogP contribution in [0.4, 0.5) is 33.7 Å². The summed E-state index contributed by atoms with van der Waals surface area (Å²) in [5.41, 5.74) is 0.148. The summed E-state index contributed by atoms with van der Waals surface area (Å²) in [7, 11) is 0. The third-order valence-electron chi connectivity index (χ3n) is 6.20. The molecule has 1 saturated carbocycles. The fourth-order valence-electron chi connectivity index (χ4n) is 4.30. The van der Waals surface area contributed by atoms with E-state index in [9.17, 15) is 37.1 Å². The van der Waals surface area contributed by atoms with E-state index >= 15 is 0 Å². The van der Waals surface area contributed by atoms with Crippen LogP contribution < -0.4 is 10.6 Å². The number of Topliss-reactive ketones (excluding diaryl/α,β-unsaturated/α-hetero) is 1. The molecule has 3 aromatic rings. The van der Waals surface area contributed by atoms with E-state index in [4.69, 9.17) is 0 Å². The molecule has 0 bridgehead atoms. The quantitative estimate of drug-likeness (QED) is 0.266. The van der Waals surface area contributed by atoms with Crippen LogP contribution in [0.2, 0.25) is 0 Å². The zero-order valence-corrected chi connectivity index (χ0v) is 19.2. The molecule has 7 nitrogen and oxygen atoms in total. The lowest BCUT2D eigenvalue weighted by Gasteiger charge is -2.14. The highest BCUT2D eigenvalue weighted by atomic mass is 19.4. The molecule has 4 rings (SSSR count). The number of hydrogen-bond donors (Lipinski definition) is 3. The Bertz CT molecular complexity index is 1330. The van der Waals surface area contributed by atoms with Gasteiger partial charge in [0, 0.05) is 23.4 Å². The maximum absolute atomic E-state index is 13.9. The number of anilines is 2. The lowest BCUT2D eigenvalue weighted by atomic mass is 9.90. The number of hydrogen-bond acceptors (Lipinski definition) is 4. The minimum atomic E-state index is -4.69. The minimum absolute atomic E-state index is 0.193. The van der Waals surface area contributed by atoms with Crippen LogP contribution in [0.15, 0.2) is 60.8 Å². The first-order valence-corrected chi connectivity index (χ1v) is 11.3. The monoisotopic (exact) mass is 515 g/mol. The van der Waals surface area contributed by atoms with Gasteiger partial charge in [-0.15, -0.1) is 0 Å². The van der Waals surface area contributed by atoms with Crippen LogP contribution in [0.25, 0.3) is 11.1 Å². The van der Waals surface area contributed by atoms with Gasteiger partial charge in [-0.3, -0.25) is 14.6 Å². The maximum Gasteiger partial charge on any atom is 0.416 e. The molecule has 1 heterocycles. The van der Waals surface area contributed by atoms with Crippen LogP contribution in [-0.2, 0) is 11.0 Å². The Kier molecular flexibility index (Phi) is 7.23. The smallest absolute Gasteiger partial charge is 0.416 e. The number of carboxylic acids is 1. The molecule has 2 atom stereocenters.